The van der Waals surface area contributed by atoms with Crippen LogP contribution in [0.3, 0.4) is 0 Å². The summed E-state index contributed by atoms with van der Waals surface area (Å²) in [5, 5.41) is 0. The van der Waals surface area contributed by atoms with Crippen molar-refractivity contribution in [1.29, 1.82) is 0 Å². The van der Waals surface area contributed by atoms with Crippen molar-refractivity contribution in [2.24, 2.45) is 0 Å². The smallest absolute Gasteiger partial charge is 0.266 e. The first kappa shape index (κ1) is 14.6. The standard InChI is InChI=1S/C13H12ClNO4S/c1-18-11-6-4-10(5-7-11)9-19-13-12(20(14,16)17)3-2-8-15-13/h2-8H,9H2,1H3. The van der Waals surface area contributed by atoms with Crippen molar-refractivity contribution in [3.05, 3.63) is 48.2 Å². The monoisotopic (exact) mass is 313 g/mol. The van der Waals surface area contributed by atoms with Crippen molar-refractivity contribution < 1.29 is 17.9 Å². The third kappa shape index (κ3) is 3.61. The molecular weight excluding hydrogens is 302 g/mol. The van der Waals surface area contributed by atoms with E-state index < -0.39 is 9.05 Å². The first-order chi connectivity index (χ1) is 9.50. The number of nitrogens with zero attached hydrogens (tertiary/aromatic N) is 1. The third-order valence-electron chi connectivity index (χ3n) is 2.53. The van der Waals surface area contributed by atoms with Gasteiger partial charge in [0.1, 0.15) is 17.3 Å². The fourth-order valence-electron chi connectivity index (χ4n) is 1.54. The van der Waals surface area contributed by atoms with E-state index in [0.717, 1.165) is 11.3 Å². The van der Waals surface area contributed by atoms with E-state index in [4.69, 9.17) is 20.2 Å². The lowest BCUT2D eigenvalue weighted by Crippen LogP contribution is -2.02. The molecule has 1 aromatic carbocycles. The Morgan fingerprint density at radius 2 is 1.90 bits per heavy atom. The van der Waals surface area contributed by atoms with Crippen molar-refractivity contribution in [2.75, 3.05) is 7.11 Å². The molecule has 0 amide bonds. The first-order valence-corrected chi connectivity index (χ1v) is 7.97. The fourth-order valence-corrected chi connectivity index (χ4v) is 2.46. The number of benzene rings is 1. The molecule has 0 aliphatic carbocycles. The van der Waals surface area contributed by atoms with Gasteiger partial charge in [-0.05, 0) is 29.8 Å². The SMILES string of the molecule is COc1ccc(COc2ncccc2S(=O)(=O)Cl)cc1. The number of pyridine rings is 1. The van der Waals surface area contributed by atoms with E-state index in [1.165, 1.54) is 18.3 Å². The van der Waals surface area contributed by atoms with Gasteiger partial charge in [-0.15, -0.1) is 0 Å². The van der Waals surface area contributed by atoms with Gasteiger partial charge in [-0.3, -0.25) is 0 Å². The Morgan fingerprint density at radius 1 is 1.20 bits per heavy atom. The van der Waals surface area contributed by atoms with E-state index in [1.54, 1.807) is 19.2 Å². The minimum Gasteiger partial charge on any atom is -0.497 e. The van der Waals surface area contributed by atoms with E-state index in [0.29, 0.717) is 0 Å². The second-order valence-corrected chi connectivity index (χ2v) is 6.42. The van der Waals surface area contributed by atoms with Crippen LogP contribution in [0.5, 0.6) is 11.6 Å². The Kier molecular flexibility index (Phi) is 4.46. The normalized spacial score (nSPS) is 11.1. The summed E-state index contributed by atoms with van der Waals surface area (Å²) < 4.78 is 33.2. The molecular formula is C13H12ClNO4S. The molecule has 106 valence electrons. The van der Waals surface area contributed by atoms with Crippen LogP contribution in [0.1, 0.15) is 5.56 Å². The molecule has 0 saturated heterocycles. The molecule has 2 rings (SSSR count). The number of hydrogen-bond acceptors (Lipinski definition) is 5. The van der Waals surface area contributed by atoms with Gasteiger partial charge in [0, 0.05) is 16.9 Å². The van der Waals surface area contributed by atoms with Crippen LogP contribution in [0.25, 0.3) is 0 Å². The maximum atomic E-state index is 11.4. The Hall–Kier alpha value is -1.79. The molecule has 1 heterocycles. The van der Waals surface area contributed by atoms with Gasteiger partial charge < -0.3 is 9.47 Å². The number of ether oxygens (including phenoxy) is 2. The number of hydrogen-bond donors (Lipinski definition) is 0. The van der Waals surface area contributed by atoms with E-state index in [-0.39, 0.29) is 17.4 Å². The van der Waals surface area contributed by atoms with E-state index >= 15 is 0 Å². The molecule has 20 heavy (non-hydrogen) atoms. The van der Waals surface area contributed by atoms with Gasteiger partial charge in [-0.25, -0.2) is 13.4 Å². The summed E-state index contributed by atoms with van der Waals surface area (Å²) in [6.07, 6.45) is 1.44. The van der Waals surface area contributed by atoms with Crippen LogP contribution in [0.4, 0.5) is 0 Å². The molecule has 0 fully saturated rings. The van der Waals surface area contributed by atoms with Crippen LogP contribution in [0.2, 0.25) is 0 Å². The van der Waals surface area contributed by atoms with Crippen LogP contribution in [-0.2, 0) is 15.7 Å². The molecule has 0 unspecified atom stereocenters. The van der Waals surface area contributed by atoms with E-state index in [2.05, 4.69) is 4.98 Å². The van der Waals surface area contributed by atoms with Gasteiger partial charge in [0.2, 0.25) is 5.88 Å². The summed E-state index contributed by atoms with van der Waals surface area (Å²) in [7, 11) is 3.02. The lowest BCUT2D eigenvalue weighted by atomic mass is 10.2. The lowest BCUT2D eigenvalue weighted by Gasteiger charge is -2.08. The van der Waals surface area contributed by atoms with Gasteiger partial charge in [-0.1, -0.05) is 12.1 Å². The van der Waals surface area contributed by atoms with Crippen molar-refractivity contribution in [3.8, 4) is 11.6 Å². The predicted molar refractivity (Wildman–Crippen MR) is 74.6 cm³/mol. The summed E-state index contributed by atoms with van der Waals surface area (Å²) in [5.74, 6) is 0.717. The molecule has 0 radical (unpaired) electrons. The number of aromatic nitrogens is 1. The maximum absolute atomic E-state index is 11.4. The van der Waals surface area contributed by atoms with Crippen LogP contribution < -0.4 is 9.47 Å². The molecule has 2 aromatic rings. The Morgan fingerprint density at radius 3 is 2.50 bits per heavy atom. The highest BCUT2D eigenvalue weighted by molar-refractivity contribution is 8.13. The average Bonchev–Trinajstić information content (AvgIpc) is 2.45. The highest BCUT2D eigenvalue weighted by Gasteiger charge is 2.17. The van der Waals surface area contributed by atoms with Crippen molar-refractivity contribution >= 4 is 19.7 Å². The highest BCUT2D eigenvalue weighted by Crippen LogP contribution is 2.24. The molecule has 0 saturated carbocycles. The lowest BCUT2D eigenvalue weighted by molar-refractivity contribution is 0.285. The quantitative estimate of drug-likeness (QED) is 0.794. The van der Waals surface area contributed by atoms with Crippen LogP contribution in [0.15, 0.2) is 47.5 Å². The summed E-state index contributed by atoms with van der Waals surface area (Å²) in [5.41, 5.74) is 0.856. The van der Waals surface area contributed by atoms with Gasteiger partial charge >= 0.3 is 0 Å². The van der Waals surface area contributed by atoms with E-state index in [1.807, 2.05) is 12.1 Å². The third-order valence-corrected chi connectivity index (χ3v) is 3.87. The maximum Gasteiger partial charge on any atom is 0.266 e. The summed E-state index contributed by atoms with van der Waals surface area (Å²) in [6.45, 7) is 0.181. The minimum absolute atomic E-state index is 0.0154. The molecule has 0 bridgehead atoms. The zero-order chi connectivity index (χ0) is 14.6. The molecule has 0 N–H and O–H groups in total. The van der Waals surface area contributed by atoms with Gasteiger partial charge in [0.05, 0.1) is 7.11 Å². The highest BCUT2D eigenvalue weighted by atomic mass is 35.7. The number of halogens is 1. The Balaban J connectivity index is 2.15. The zero-order valence-corrected chi connectivity index (χ0v) is 12.2. The van der Waals surface area contributed by atoms with Crippen molar-refractivity contribution in [3.63, 3.8) is 0 Å². The number of methoxy groups -OCH3 is 1. The predicted octanol–water partition coefficient (Wildman–Crippen LogP) is 2.60. The van der Waals surface area contributed by atoms with Gasteiger partial charge in [0.25, 0.3) is 9.05 Å². The van der Waals surface area contributed by atoms with Crippen LogP contribution in [-0.4, -0.2) is 20.5 Å². The Bertz CT molecular complexity index is 686. The van der Waals surface area contributed by atoms with Gasteiger partial charge in [-0.2, -0.15) is 0 Å². The molecule has 0 aliphatic rings. The first-order valence-electron chi connectivity index (χ1n) is 5.66. The second-order valence-electron chi connectivity index (χ2n) is 3.88. The molecule has 0 atom stereocenters. The summed E-state index contributed by atoms with van der Waals surface area (Å²) in [4.78, 5) is 3.74. The molecule has 0 aliphatic heterocycles. The molecule has 7 heteroatoms. The average molecular weight is 314 g/mol. The zero-order valence-electron chi connectivity index (χ0n) is 10.6. The summed E-state index contributed by atoms with van der Waals surface area (Å²) in [6, 6.07) is 10.0. The number of rotatable bonds is 5. The van der Waals surface area contributed by atoms with Crippen LogP contribution in [0, 0.1) is 0 Å². The minimum atomic E-state index is -3.88. The molecule has 1 aromatic heterocycles. The van der Waals surface area contributed by atoms with Crippen molar-refractivity contribution in [2.45, 2.75) is 11.5 Å². The molecule has 5 nitrogen and oxygen atoms in total. The topological polar surface area (TPSA) is 65.5 Å². The van der Waals surface area contributed by atoms with E-state index in [9.17, 15) is 8.42 Å². The molecule has 0 spiro atoms. The second kappa shape index (κ2) is 6.11. The Labute approximate surface area is 121 Å². The summed E-state index contributed by atoms with van der Waals surface area (Å²) >= 11 is 0. The van der Waals surface area contributed by atoms with Gasteiger partial charge in [0.15, 0.2) is 0 Å². The van der Waals surface area contributed by atoms with Crippen LogP contribution >= 0.6 is 10.7 Å². The van der Waals surface area contributed by atoms with Crippen molar-refractivity contribution in [1.82, 2.24) is 4.98 Å². The fraction of sp³-hybridized carbons (Fsp3) is 0.154. The largest absolute Gasteiger partial charge is 0.497 e.